The Labute approximate surface area is 155 Å². The second-order valence-corrected chi connectivity index (χ2v) is 7.44. The SMILES string of the molecule is C[C@@]1(C(=O)NCc2ccccc2)CCCN(C(=O)c2ccc(Br)o2)C1. The molecule has 1 saturated heterocycles. The molecule has 2 heterocycles. The van der Waals surface area contributed by atoms with Gasteiger partial charge in [-0.3, -0.25) is 9.59 Å². The number of piperidine rings is 1. The standard InChI is InChI=1S/C19H21BrN2O3/c1-19(18(24)21-12-14-6-3-2-4-7-14)10-5-11-22(13-19)17(23)15-8-9-16(20)25-15/h2-4,6-9H,5,10-13H2,1H3,(H,21,24)/t19-/m1/s1. The van der Waals surface area contributed by atoms with E-state index in [1.165, 1.54) is 0 Å². The molecule has 0 saturated carbocycles. The number of carbonyl (C=O) groups is 2. The number of nitrogens with zero attached hydrogens (tertiary/aromatic N) is 1. The number of likely N-dealkylation sites (tertiary alicyclic amines) is 1. The van der Waals surface area contributed by atoms with Gasteiger partial charge in [0, 0.05) is 19.6 Å². The number of carbonyl (C=O) groups excluding carboxylic acids is 2. The van der Waals surface area contributed by atoms with Gasteiger partial charge in [0.1, 0.15) is 0 Å². The minimum atomic E-state index is -0.591. The van der Waals surface area contributed by atoms with E-state index >= 15 is 0 Å². The lowest BCUT2D eigenvalue weighted by Gasteiger charge is -2.39. The molecular weight excluding hydrogens is 384 g/mol. The summed E-state index contributed by atoms with van der Waals surface area (Å²) in [6.07, 6.45) is 1.56. The molecule has 0 spiro atoms. The number of rotatable bonds is 4. The van der Waals surface area contributed by atoms with Crippen molar-refractivity contribution in [3.05, 3.63) is 58.5 Å². The first kappa shape index (κ1) is 17.7. The fourth-order valence-corrected chi connectivity index (χ4v) is 3.48. The van der Waals surface area contributed by atoms with Crippen molar-refractivity contribution in [1.29, 1.82) is 0 Å². The van der Waals surface area contributed by atoms with Crippen LogP contribution in [0.5, 0.6) is 0 Å². The van der Waals surface area contributed by atoms with E-state index in [1.807, 2.05) is 37.3 Å². The smallest absolute Gasteiger partial charge is 0.289 e. The molecule has 1 aromatic heterocycles. The maximum absolute atomic E-state index is 12.7. The van der Waals surface area contributed by atoms with Crippen LogP contribution < -0.4 is 5.32 Å². The van der Waals surface area contributed by atoms with Gasteiger partial charge in [-0.1, -0.05) is 30.3 Å². The van der Waals surface area contributed by atoms with Crippen LogP contribution in [0.25, 0.3) is 0 Å². The zero-order valence-corrected chi connectivity index (χ0v) is 15.7. The van der Waals surface area contributed by atoms with E-state index in [9.17, 15) is 9.59 Å². The highest BCUT2D eigenvalue weighted by Gasteiger charge is 2.39. The van der Waals surface area contributed by atoms with E-state index in [0.29, 0.717) is 30.1 Å². The van der Waals surface area contributed by atoms with Crippen LogP contribution in [0.2, 0.25) is 0 Å². The molecule has 0 bridgehead atoms. The Morgan fingerprint density at radius 1 is 1.24 bits per heavy atom. The molecule has 2 aromatic rings. The first-order valence-electron chi connectivity index (χ1n) is 8.35. The van der Waals surface area contributed by atoms with Crippen LogP contribution in [0.3, 0.4) is 0 Å². The Hall–Kier alpha value is -2.08. The van der Waals surface area contributed by atoms with Crippen molar-refractivity contribution in [3.63, 3.8) is 0 Å². The van der Waals surface area contributed by atoms with Gasteiger partial charge >= 0.3 is 0 Å². The number of benzene rings is 1. The summed E-state index contributed by atoms with van der Waals surface area (Å²) in [5, 5.41) is 3.00. The maximum Gasteiger partial charge on any atom is 0.289 e. The molecular formula is C19H21BrN2O3. The van der Waals surface area contributed by atoms with Crippen LogP contribution in [0.1, 0.15) is 35.9 Å². The number of amides is 2. The number of nitrogens with one attached hydrogen (secondary N) is 1. The maximum atomic E-state index is 12.7. The summed E-state index contributed by atoms with van der Waals surface area (Å²) < 4.78 is 5.88. The van der Waals surface area contributed by atoms with E-state index in [0.717, 1.165) is 18.4 Å². The van der Waals surface area contributed by atoms with Crippen LogP contribution >= 0.6 is 15.9 Å². The third-order valence-corrected chi connectivity index (χ3v) is 5.04. The average Bonchev–Trinajstić information content (AvgIpc) is 3.06. The van der Waals surface area contributed by atoms with Gasteiger partial charge < -0.3 is 14.6 Å². The molecule has 0 radical (unpaired) electrons. The molecule has 25 heavy (non-hydrogen) atoms. The van der Waals surface area contributed by atoms with Crippen molar-refractivity contribution >= 4 is 27.7 Å². The summed E-state index contributed by atoms with van der Waals surface area (Å²) in [6, 6.07) is 13.2. The molecule has 1 aliphatic rings. The van der Waals surface area contributed by atoms with Gasteiger partial charge in [-0.2, -0.15) is 0 Å². The lowest BCUT2D eigenvalue weighted by atomic mass is 9.80. The van der Waals surface area contributed by atoms with Crippen molar-refractivity contribution in [2.24, 2.45) is 5.41 Å². The van der Waals surface area contributed by atoms with Gasteiger partial charge in [-0.15, -0.1) is 0 Å². The molecule has 2 amide bonds. The Morgan fingerprint density at radius 2 is 2.00 bits per heavy atom. The molecule has 5 nitrogen and oxygen atoms in total. The molecule has 1 atom stereocenters. The first-order valence-corrected chi connectivity index (χ1v) is 9.14. The van der Waals surface area contributed by atoms with E-state index in [1.54, 1.807) is 17.0 Å². The van der Waals surface area contributed by atoms with Gasteiger partial charge in [-0.25, -0.2) is 0 Å². The van der Waals surface area contributed by atoms with Gasteiger partial charge in [-0.05, 0) is 53.4 Å². The van der Waals surface area contributed by atoms with Gasteiger partial charge in [0.25, 0.3) is 5.91 Å². The summed E-state index contributed by atoms with van der Waals surface area (Å²) in [6.45, 7) is 3.45. The third kappa shape index (κ3) is 4.12. The monoisotopic (exact) mass is 404 g/mol. The van der Waals surface area contributed by atoms with Crippen LogP contribution in [-0.4, -0.2) is 29.8 Å². The zero-order valence-electron chi connectivity index (χ0n) is 14.1. The Balaban J connectivity index is 1.64. The Morgan fingerprint density at radius 3 is 2.68 bits per heavy atom. The predicted molar refractivity (Wildman–Crippen MR) is 97.9 cm³/mol. The number of furan rings is 1. The van der Waals surface area contributed by atoms with E-state index < -0.39 is 5.41 Å². The van der Waals surface area contributed by atoms with E-state index in [-0.39, 0.29) is 11.8 Å². The fourth-order valence-electron chi connectivity index (χ4n) is 3.17. The molecule has 1 fully saturated rings. The molecule has 0 aliphatic carbocycles. The van der Waals surface area contributed by atoms with Crippen LogP contribution in [0, 0.1) is 5.41 Å². The average molecular weight is 405 g/mol. The van der Waals surface area contributed by atoms with Crippen molar-refractivity contribution < 1.29 is 14.0 Å². The van der Waals surface area contributed by atoms with Gasteiger partial charge in [0.05, 0.1) is 5.41 Å². The highest BCUT2D eigenvalue weighted by molar-refractivity contribution is 9.10. The van der Waals surface area contributed by atoms with Crippen LogP contribution in [0.4, 0.5) is 0 Å². The third-order valence-electron chi connectivity index (χ3n) is 4.61. The minimum Gasteiger partial charge on any atom is -0.444 e. The summed E-state index contributed by atoms with van der Waals surface area (Å²) in [5.74, 6) is 0.0998. The number of hydrogen-bond acceptors (Lipinski definition) is 3. The summed E-state index contributed by atoms with van der Waals surface area (Å²) >= 11 is 3.21. The second-order valence-electron chi connectivity index (χ2n) is 6.66. The van der Waals surface area contributed by atoms with Crippen LogP contribution in [-0.2, 0) is 11.3 Å². The highest BCUT2D eigenvalue weighted by Crippen LogP contribution is 2.31. The first-order chi connectivity index (χ1) is 12.0. The molecule has 1 aromatic carbocycles. The van der Waals surface area contributed by atoms with Crippen molar-refractivity contribution in [1.82, 2.24) is 10.2 Å². The normalized spacial score (nSPS) is 20.3. The summed E-state index contributed by atoms with van der Waals surface area (Å²) in [5.41, 5.74) is 0.468. The topological polar surface area (TPSA) is 62.6 Å². The molecule has 132 valence electrons. The Bertz CT molecular complexity index is 759. The van der Waals surface area contributed by atoms with Crippen molar-refractivity contribution in [2.45, 2.75) is 26.3 Å². The van der Waals surface area contributed by atoms with Crippen molar-refractivity contribution in [2.75, 3.05) is 13.1 Å². The fraction of sp³-hybridized carbons (Fsp3) is 0.368. The minimum absolute atomic E-state index is 0.0190. The van der Waals surface area contributed by atoms with E-state index in [4.69, 9.17) is 4.42 Å². The summed E-state index contributed by atoms with van der Waals surface area (Å²) in [4.78, 5) is 27.0. The lowest BCUT2D eigenvalue weighted by molar-refractivity contribution is -0.132. The van der Waals surface area contributed by atoms with Gasteiger partial charge in [0.15, 0.2) is 10.4 Å². The largest absolute Gasteiger partial charge is 0.444 e. The number of hydrogen-bond donors (Lipinski definition) is 1. The Kier molecular flexibility index (Phi) is 5.27. The van der Waals surface area contributed by atoms with Crippen molar-refractivity contribution in [3.8, 4) is 0 Å². The highest BCUT2D eigenvalue weighted by atomic mass is 79.9. The zero-order chi connectivity index (χ0) is 17.9. The predicted octanol–water partition coefficient (Wildman–Crippen LogP) is 3.60. The van der Waals surface area contributed by atoms with E-state index in [2.05, 4.69) is 21.2 Å². The molecule has 1 aliphatic heterocycles. The molecule has 0 unspecified atom stereocenters. The quantitative estimate of drug-likeness (QED) is 0.846. The molecule has 6 heteroatoms. The van der Waals surface area contributed by atoms with Gasteiger partial charge in [0.2, 0.25) is 5.91 Å². The number of halogens is 1. The molecule has 1 N–H and O–H groups in total. The molecule has 3 rings (SSSR count). The lowest BCUT2D eigenvalue weighted by Crippen LogP contribution is -2.51. The summed E-state index contributed by atoms with van der Waals surface area (Å²) in [7, 11) is 0. The van der Waals surface area contributed by atoms with Crippen LogP contribution in [0.15, 0.2) is 51.6 Å². The second kappa shape index (κ2) is 7.44.